The van der Waals surface area contributed by atoms with Gasteiger partial charge in [-0.25, -0.2) is 4.79 Å². The van der Waals surface area contributed by atoms with Gasteiger partial charge < -0.3 is 14.6 Å². The van der Waals surface area contributed by atoms with Crippen molar-refractivity contribution in [2.24, 2.45) is 5.92 Å². The first kappa shape index (κ1) is 15.2. The molecule has 1 unspecified atom stereocenters. The fraction of sp³-hybridized carbons (Fsp3) is 0.429. The van der Waals surface area contributed by atoms with Crippen molar-refractivity contribution in [1.82, 2.24) is 0 Å². The van der Waals surface area contributed by atoms with Crippen LogP contribution in [0.2, 0.25) is 0 Å². The first-order valence-corrected chi connectivity index (χ1v) is 5.96. The maximum atomic E-state index is 11.6. The van der Waals surface area contributed by atoms with Gasteiger partial charge in [-0.3, -0.25) is 4.79 Å². The molecule has 5 nitrogen and oxygen atoms in total. The van der Waals surface area contributed by atoms with Gasteiger partial charge >= 0.3 is 11.9 Å². The summed E-state index contributed by atoms with van der Waals surface area (Å²) in [5.74, 6) is -1.08. The van der Waals surface area contributed by atoms with E-state index in [1.165, 1.54) is 14.2 Å². The zero-order valence-corrected chi connectivity index (χ0v) is 11.1. The van der Waals surface area contributed by atoms with E-state index in [9.17, 15) is 14.7 Å². The third kappa shape index (κ3) is 4.37. The third-order valence-electron chi connectivity index (χ3n) is 2.87. The van der Waals surface area contributed by atoms with Gasteiger partial charge in [0.25, 0.3) is 0 Å². The Balaban J connectivity index is 2.85. The molecule has 1 aromatic carbocycles. The van der Waals surface area contributed by atoms with Gasteiger partial charge in [0, 0.05) is 6.61 Å². The molecule has 0 aliphatic rings. The maximum Gasteiger partial charge on any atom is 0.338 e. The summed E-state index contributed by atoms with van der Waals surface area (Å²) in [6.07, 6.45) is 0.527. The molecule has 104 valence electrons. The van der Waals surface area contributed by atoms with Gasteiger partial charge in [0.05, 0.1) is 26.2 Å². The van der Waals surface area contributed by atoms with Gasteiger partial charge in [-0.05, 0) is 24.0 Å². The molecule has 0 aromatic heterocycles. The van der Waals surface area contributed by atoms with Crippen molar-refractivity contribution < 1.29 is 24.2 Å². The Morgan fingerprint density at radius 3 is 2.47 bits per heavy atom. The molecule has 1 aromatic rings. The van der Waals surface area contributed by atoms with Gasteiger partial charge in [0.2, 0.25) is 0 Å². The summed E-state index contributed by atoms with van der Waals surface area (Å²) in [5.41, 5.74) is 1.20. The smallest absolute Gasteiger partial charge is 0.338 e. The molecule has 0 radical (unpaired) electrons. The Morgan fingerprint density at radius 1 is 1.21 bits per heavy atom. The van der Waals surface area contributed by atoms with Crippen LogP contribution in [0.5, 0.6) is 0 Å². The molecule has 0 amide bonds. The normalized spacial score (nSPS) is 11.7. The molecule has 1 rings (SSSR count). The van der Waals surface area contributed by atoms with Gasteiger partial charge in [-0.15, -0.1) is 0 Å². The molecule has 0 heterocycles. The molecule has 0 saturated heterocycles. The minimum atomic E-state index is -0.426. The third-order valence-corrected chi connectivity index (χ3v) is 2.87. The van der Waals surface area contributed by atoms with Gasteiger partial charge in [-0.2, -0.15) is 0 Å². The number of ether oxygens (including phenoxy) is 2. The van der Waals surface area contributed by atoms with Crippen LogP contribution in [0, 0.1) is 5.92 Å². The first-order valence-electron chi connectivity index (χ1n) is 5.96. The van der Waals surface area contributed by atoms with E-state index >= 15 is 0 Å². The van der Waals surface area contributed by atoms with Crippen LogP contribution in [0.25, 0.3) is 0 Å². The Kier molecular flexibility index (Phi) is 6.02. The predicted molar refractivity (Wildman–Crippen MR) is 68.7 cm³/mol. The average Bonchev–Trinajstić information content (AvgIpc) is 2.45. The highest BCUT2D eigenvalue weighted by molar-refractivity contribution is 5.91. The van der Waals surface area contributed by atoms with Crippen molar-refractivity contribution in [1.29, 1.82) is 0 Å². The average molecular weight is 266 g/mol. The summed E-state index contributed by atoms with van der Waals surface area (Å²) in [7, 11) is 2.62. The van der Waals surface area contributed by atoms with Crippen molar-refractivity contribution in [2.45, 2.75) is 12.8 Å². The number of esters is 2. The fourth-order valence-electron chi connectivity index (χ4n) is 1.84. The monoisotopic (exact) mass is 266 g/mol. The van der Waals surface area contributed by atoms with Crippen molar-refractivity contribution in [2.75, 3.05) is 20.8 Å². The molecular weight excluding hydrogens is 248 g/mol. The largest absolute Gasteiger partial charge is 0.469 e. The Labute approximate surface area is 112 Å². The van der Waals surface area contributed by atoms with E-state index in [1.54, 1.807) is 24.3 Å². The van der Waals surface area contributed by atoms with Gasteiger partial charge in [0.15, 0.2) is 0 Å². The number of hydrogen-bond donors (Lipinski definition) is 1. The minimum Gasteiger partial charge on any atom is -0.469 e. The lowest BCUT2D eigenvalue weighted by atomic mass is 9.94. The second-order valence-electron chi connectivity index (χ2n) is 4.18. The van der Waals surface area contributed by atoms with E-state index in [0.717, 1.165) is 5.56 Å². The molecule has 0 bridgehead atoms. The topological polar surface area (TPSA) is 72.8 Å². The van der Waals surface area contributed by atoms with E-state index in [1.807, 2.05) is 0 Å². The quantitative estimate of drug-likeness (QED) is 0.783. The molecule has 5 heteroatoms. The molecule has 0 fully saturated rings. The van der Waals surface area contributed by atoms with E-state index in [0.29, 0.717) is 12.0 Å². The zero-order chi connectivity index (χ0) is 14.3. The summed E-state index contributed by atoms with van der Waals surface area (Å²) in [4.78, 5) is 22.8. The maximum absolute atomic E-state index is 11.6. The SMILES string of the molecule is COC(=O)CC(CO)Cc1ccccc1C(=O)OC. The Bertz CT molecular complexity index is 441. The number of hydrogen-bond acceptors (Lipinski definition) is 5. The van der Waals surface area contributed by atoms with Crippen LogP contribution in [-0.2, 0) is 20.7 Å². The van der Waals surface area contributed by atoms with Crippen molar-refractivity contribution >= 4 is 11.9 Å². The van der Waals surface area contributed by atoms with E-state index in [2.05, 4.69) is 4.74 Å². The number of carbonyl (C=O) groups excluding carboxylic acids is 2. The number of carbonyl (C=O) groups is 2. The lowest BCUT2D eigenvalue weighted by Crippen LogP contribution is -2.17. The Morgan fingerprint density at radius 2 is 1.89 bits per heavy atom. The molecule has 1 atom stereocenters. The van der Waals surface area contributed by atoms with Crippen molar-refractivity contribution in [3.8, 4) is 0 Å². The first-order chi connectivity index (χ1) is 9.12. The number of aliphatic hydroxyl groups is 1. The van der Waals surface area contributed by atoms with E-state index < -0.39 is 5.97 Å². The van der Waals surface area contributed by atoms with Crippen LogP contribution in [0.1, 0.15) is 22.3 Å². The zero-order valence-electron chi connectivity index (χ0n) is 11.1. The molecule has 1 N–H and O–H groups in total. The van der Waals surface area contributed by atoms with Crippen LogP contribution >= 0.6 is 0 Å². The number of aliphatic hydroxyl groups excluding tert-OH is 1. The molecular formula is C14H18O5. The lowest BCUT2D eigenvalue weighted by molar-refractivity contribution is -0.142. The minimum absolute atomic E-state index is 0.114. The number of methoxy groups -OCH3 is 2. The van der Waals surface area contributed by atoms with Gasteiger partial charge in [-0.1, -0.05) is 18.2 Å². The highest BCUT2D eigenvalue weighted by Crippen LogP contribution is 2.17. The highest BCUT2D eigenvalue weighted by Gasteiger charge is 2.18. The van der Waals surface area contributed by atoms with Gasteiger partial charge in [0.1, 0.15) is 0 Å². The summed E-state index contributed by atoms with van der Waals surface area (Å²) < 4.78 is 9.28. The standard InChI is InChI=1S/C14H18O5/c1-18-13(16)8-10(9-15)7-11-5-3-4-6-12(11)14(17)19-2/h3-6,10,15H,7-9H2,1-2H3. The van der Waals surface area contributed by atoms with Crippen LogP contribution in [0.15, 0.2) is 24.3 Å². The number of rotatable bonds is 6. The Hall–Kier alpha value is -1.88. The molecule has 19 heavy (non-hydrogen) atoms. The van der Waals surface area contributed by atoms with E-state index in [4.69, 9.17) is 4.74 Å². The van der Waals surface area contributed by atoms with Crippen LogP contribution in [0.4, 0.5) is 0 Å². The summed E-state index contributed by atoms with van der Waals surface area (Å²) in [6.45, 7) is -0.148. The highest BCUT2D eigenvalue weighted by atomic mass is 16.5. The lowest BCUT2D eigenvalue weighted by Gasteiger charge is -2.14. The molecule has 0 aliphatic heterocycles. The fourth-order valence-corrected chi connectivity index (χ4v) is 1.84. The molecule has 0 aliphatic carbocycles. The second kappa shape index (κ2) is 7.53. The molecule has 0 saturated carbocycles. The summed E-state index contributed by atoms with van der Waals surface area (Å²) in [5, 5.41) is 9.29. The predicted octanol–water partition coefficient (Wildman–Crippen LogP) is 1.19. The van der Waals surface area contributed by atoms with Crippen LogP contribution in [-0.4, -0.2) is 37.9 Å². The summed E-state index contributed by atoms with van der Waals surface area (Å²) in [6, 6.07) is 6.98. The van der Waals surface area contributed by atoms with Crippen LogP contribution < -0.4 is 0 Å². The second-order valence-corrected chi connectivity index (χ2v) is 4.18. The molecule has 0 spiro atoms. The number of benzene rings is 1. The summed E-state index contributed by atoms with van der Waals surface area (Å²) >= 11 is 0. The van der Waals surface area contributed by atoms with Crippen LogP contribution in [0.3, 0.4) is 0 Å². The van der Waals surface area contributed by atoms with Crippen molar-refractivity contribution in [3.63, 3.8) is 0 Å². The van der Waals surface area contributed by atoms with E-state index in [-0.39, 0.29) is 24.9 Å². The van der Waals surface area contributed by atoms with Crippen molar-refractivity contribution in [3.05, 3.63) is 35.4 Å².